The van der Waals surface area contributed by atoms with Crippen molar-refractivity contribution < 1.29 is 23.9 Å². The molecule has 2 N–H and O–H groups in total. The average molecular weight is 384 g/mol. The standard InChI is InChI=1S/C21H24N2O5/c1-12-19(14(3)24)13(2)23-20(12)21(27)15(4)28-18(26)11-22-17(25)10-16-8-6-5-7-9-16/h5-9,15,23H,10-11H2,1-4H3,(H,22,25). The fourth-order valence-corrected chi connectivity index (χ4v) is 3.03. The van der Waals surface area contributed by atoms with Crippen LogP contribution in [0, 0.1) is 13.8 Å². The highest BCUT2D eigenvalue weighted by Crippen LogP contribution is 2.20. The Labute approximate surface area is 163 Å². The van der Waals surface area contributed by atoms with Crippen LogP contribution in [0.2, 0.25) is 0 Å². The fraction of sp³-hybridized carbons (Fsp3) is 0.333. The zero-order valence-electron chi connectivity index (χ0n) is 16.4. The maximum Gasteiger partial charge on any atom is 0.326 e. The Morgan fingerprint density at radius 2 is 1.75 bits per heavy atom. The summed E-state index contributed by atoms with van der Waals surface area (Å²) in [6.07, 6.45) is -0.896. The van der Waals surface area contributed by atoms with Crippen LogP contribution in [-0.2, 0) is 20.7 Å². The summed E-state index contributed by atoms with van der Waals surface area (Å²) in [5, 5.41) is 2.48. The maximum absolute atomic E-state index is 12.6. The number of carbonyl (C=O) groups excluding carboxylic acids is 4. The molecule has 0 aliphatic heterocycles. The van der Waals surface area contributed by atoms with Gasteiger partial charge in [0, 0.05) is 11.3 Å². The first-order valence-electron chi connectivity index (χ1n) is 8.95. The summed E-state index contributed by atoms with van der Waals surface area (Å²) in [5.74, 6) is -1.60. The molecule has 0 saturated heterocycles. The minimum Gasteiger partial charge on any atom is -0.453 e. The van der Waals surface area contributed by atoms with E-state index in [1.165, 1.54) is 13.8 Å². The van der Waals surface area contributed by atoms with E-state index in [1.54, 1.807) is 13.8 Å². The van der Waals surface area contributed by atoms with E-state index < -0.39 is 17.9 Å². The number of ketones is 2. The van der Waals surface area contributed by atoms with Gasteiger partial charge in [0.15, 0.2) is 11.9 Å². The number of benzene rings is 1. The topological polar surface area (TPSA) is 105 Å². The molecule has 1 atom stereocenters. The Balaban J connectivity index is 1.90. The lowest BCUT2D eigenvalue weighted by atomic mass is 10.0. The van der Waals surface area contributed by atoms with Crippen LogP contribution < -0.4 is 5.32 Å². The maximum atomic E-state index is 12.6. The molecule has 1 aromatic carbocycles. The number of Topliss-reactive ketones (excluding diaryl/α,β-unsaturated/α-hetero) is 2. The first-order valence-corrected chi connectivity index (χ1v) is 8.95. The number of H-pyrrole nitrogens is 1. The molecule has 7 heteroatoms. The van der Waals surface area contributed by atoms with Gasteiger partial charge in [-0.3, -0.25) is 19.2 Å². The van der Waals surface area contributed by atoms with E-state index in [2.05, 4.69) is 10.3 Å². The van der Waals surface area contributed by atoms with Gasteiger partial charge in [0.25, 0.3) is 0 Å². The number of ether oxygens (including phenoxy) is 1. The average Bonchev–Trinajstić information content (AvgIpc) is 2.94. The highest BCUT2D eigenvalue weighted by Gasteiger charge is 2.26. The van der Waals surface area contributed by atoms with Gasteiger partial charge in [-0.05, 0) is 38.8 Å². The van der Waals surface area contributed by atoms with E-state index in [0.717, 1.165) is 5.56 Å². The molecule has 1 aromatic heterocycles. The molecule has 0 fully saturated rings. The molecule has 0 aliphatic carbocycles. The van der Waals surface area contributed by atoms with Crippen molar-refractivity contribution in [1.82, 2.24) is 10.3 Å². The molecule has 0 bridgehead atoms. The molecule has 1 unspecified atom stereocenters. The van der Waals surface area contributed by atoms with Crippen molar-refractivity contribution in [3.8, 4) is 0 Å². The third-order valence-corrected chi connectivity index (χ3v) is 4.35. The Kier molecular flexibility index (Phi) is 6.87. The summed E-state index contributed by atoms with van der Waals surface area (Å²) in [5.41, 5.74) is 2.68. The van der Waals surface area contributed by atoms with Crippen LogP contribution in [0.1, 0.15) is 51.5 Å². The van der Waals surface area contributed by atoms with Crippen LogP contribution >= 0.6 is 0 Å². The number of aryl methyl sites for hydroxylation is 1. The van der Waals surface area contributed by atoms with Gasteiger partial charge in [-0.2, -0.15) is 0 Å². The first-order chi connectivity index (χ1) is 13.2. The largest absolute Gasteiger partial charge is 0.453 e. The molecular formula is C21H24N2O5. The molecule has 1 heterocycles. The van der Waals surface area contributed by atoms with Gasteiger partial charge in [0.2, 0.25) is 11.7 Å². The number of nitrogens with one attached hydrogen (secondary N) is 2. The lowest BCUT2D eigenvalue weighted by Gasteiger charge is -2.13. The number of hydrogen-bond acceptors (Lipinski definition) is 5. The zero-order valence-corrected chi connectivity index (χ0v) is 16.4. The highest BCUT2D eigenvalue weighted by molar-refractivity contribution is 6.05. The van der Waals surface area contributed by atoms with Crippen LogP contribution in [0.5, 0.6) is 0 Å². The molecule has 0 radical (unpaired) electrons. The predicted octanol–water partition coefficient (Wildman–Crippen LogP) is 2.31. The van der Waals surface area contributed by atoms with Crippen molar-refractivity contribution in [3.63, 3.8) is 0 Å². The van der Waals surface area contributed by atoms with Crippen LogP contribution in [0.4, 0.5) is 0 Å². The molecule has 1 amide bonds. The van der Waals surface area contributed by atoms with Crippen LogP contribution in [0.15, 0.2) is 30.3 Å². The van der Waals surface area contributed by atoms with E-state index in [0.29, 0.717) is 16.8 Å². The van der Waals surface area contributed by atoms with E-state index in [-0.39, 0.29) is 30.3 Å². The number of esters is 1. The molecule has 2 rings (SSSR count). The van der Waals surface area contributed by atoms with Crippen LogP contribution in [0.25, 0.3) is 0 Å². The van der Waals surface area contributed by atoms with E-state index in [4.69, 9.17) is 4.74 Å². The van der Waals surface area contributed by atoms with Gasteiger partial charge in [0.1, 0.15) is 6.54 Å². The van der Waals surface area contributed by atoms with Crippen molar-refractivity contribution in [3.05, 3.63) is 58.4 Å². The van der Waals surface area contributed by atoms with Crippen LogP contribution in [0.3, 0.4) is 0 Å². The Hall–Kier alpha value is -3.22. The van der Waals surface area contributed by atoms with E-state index >= 15 is 0 Å². The number of aromatic nitrogens is 1. The van der Waals surface area contributed by atoms with E-state index in [9.17, 15) is 19.2 Å². The third-order valence-electron chi connectivity index (χ3n) is 4.35. The van der Waals surface area contributed by atoms with Gasteiger partial charge in [-0.15, -0.1) is 0 Å². The predicted molar refractivity (Wildman–Crippen MR) is 103 cm³/mol. The number of rotatable bonds is 8. The molecule has 2 aromatic rings. The Bertz CT molecular complexity index is 899. The number of aromatic amines is 1. The van der Waals surface area contributed by atoms with Gasteiger partial charge in [-0.1, -0.05) is 30.3 Å². The summed E-state index contributed by atoms with van der Waals surface area (Å²) in [6, 6.07) is 9.13. The van der Waals surface area contributed by atoms with Crippen molar-refractivity contribution in [2.45, 2.75) is 40.2 Å². The first kappa shape index (κ1) is 21.1. The smallest absolute Gasteiger partial charge is 0.326 e. The van der Waals surface area contributed by atoms with Gasteiger partial charge >= 0.3 is 5.97 Å². The SMILES string of the molecule is CC(=O)c1c(C)[nH]c(C(=O)C(C)OC(=O)CNC(=O)Cc2ccccc2)c1C. The molecule has 7 nitrogen and oxygen atoms in total. The molecule has 0 aliphatic rings. The van der Waals surface area contributed by atoms with Gasteiger partial charge < -0.3 is 15.0 Å². The number of amides is 1. The summed E-state index contributed by atoms with van der Waals surface area (Å²) in [7, 11) is 0. The van der Waals surface area contributed by atoms with Crippen LogP contribution in [-0.4, -0.2) is 41.1 Å². The second-order valence-corrected chi connectivity index (χ2v) is 6.62. The van der Waals surface area contributed by atoms with Crippen molar-refractivity contribution in [2.75, 3.05) is 6.54 Å². The molecular weight excluding hydrogens is 360 g/mol. The minimum atomic E-state index is -1.05. The Morgan fingerprint density at radius 3 is 2.32 bits per heavy atom. The lowest BCUT2D eigenvalue weighted by Crippen LogP contribution is -2.35. The van der Waals surface area contributed by atoms with Gasteiger partial charge in [-0.25, -0.2) is 0 Å². The summed E-state index contributed by atoms with van der Waals surface area (Å²) in [4.78, 5) is 51.0. The summed E-state index contributed by atoms with van der Waals surface area (Å²) >= 11 is 0. The lowest BCUT2D eigenvalue weighted by molar-refractivity contribution is -0.146. The molecule has 148 valence electrons. The third kappa shape index (κ3) is 5.16. The van der Waals surface area contributed by atoms with Gasteiger partial charge in [0.05, 0.1) is 12.1 Å². The van der Waals surface area contributed by atoms with E-state index in [1.807, 2.05) is 30.3 Å². The summed E-state index contributed by atoms with van der Waals surface area (Å²) < 4.78 is 5.12. The second-order valence-electron chi connectivity index (χ2n) is 6.62. The number of carbonyl (C=O) groups is 4. The molecule has 28 heavy (non-hydrogen) atoms. The second kappa shape index (κ2) is 9.12. The number of hydrogen-bond donors (Lipinski definition) is 2. The zero-order chi connectivity index (χ0) is 20.8. The molecule has 0 saturated carbocycles. The monoisotopic (exact) mass is 384 g/mol. The minimum absolute atomic E-state index is 0.143. The fourth-order valence-electron chi connectivity index (χ4n) is 3.03. The summed E-state index contributed by atoms with van der Waals surface area (Å²) in [6.45, 7) is 5.93. The normalized spacial score (nSPS) is 11.6. The quantitative estimate of drug-likeness (QED) is 0.537. The van der Waals surface area contributed by atoms with Crippen molar-refractivity contribution >= 4 is 23.4 Å². The Morgan fingerprint density at radius 1 is 1.11 bits per heavy atom. The van der Waals surface area contributed by atoms with Crippen molar-refractivity contribution in [2.24, 2.45) is 0 Å². The van der Waals surface area contributed by atoms with Crippen molar-refractivity contribution in [1.29, 1.82) is 0 Å². The highest BCUT2D eigenvalue weighted by atomic mass is 16.5. The molecule has 0 spiro atoms.